The Balaban J connectivity index is 2.26. The Bertz CT molecular complexity index is 410. The van der Waals surface area contributed by atoms with Crippen LogP contribution in [0.3, 0.4) is 0 Å². The van der Waals surface area contributed by atoms with Crippen molar-refractivity contribution in [2.75, 3.05) is 7.11 Å². The van der Waals surface area contributed by atoms with Gasteiger partial charge in [0, 0.05) is 4.88 Å². The molecule has 0 aliphatic heterocycles. The van der Waals surface area contributed by atoms with E-state index in [1.807, 2.05) is 6.07 Å². The van der Waals surface area contributed by atoms with Crippen molar-refractivity contribution in [1.29, 1.82) is 0 Å². The summed E-state index contributed by atoms with van der Waals surface area (Å²) in [6, 6.07) is 3.72. The number of esters is 1. The summed E-state index contributed by atoms with van der Waals surface area (Å²) in [5.41, 5.74) is 6.16. The Morgan fingerprint density at radius 1 is 1.53 bits per heavy atom. The average molecular weight is 225 g/mol. The largest absolute Gasteiger partial charge is 0.465 e. The maximum Gasteiger partial charge on any atom is 0.348 e. The first-order chi connectivity index (χ1) is 6.90. The fourth-order valence-electron chi connectivity index (χ4n) is 1.86. The van der Waals surface area contributed by atoms with Gasteiger partial charge in [0.05, 0.1) is 12.6 Å². The number of carbonyl (C=O) groups excluding carboxylic acids is 1. The van der Waals surface area contributed by atoms with Gasteiger partial charge in [-0.3, -0.25) is 0 Å². The molecule has 0 radical (unpaired) electrons. The number of hydrogen-bond donors (Lipinski definition) is 1. The first kappa shape index (κ1) is 10.6. The van der Waals surface area contributed by atoms with Crippen LogP contribution in [-0.2, 0) is 10.3 Å². The van der Waals surface area contributed by atoms with E-state index in [0.29, 0.717) is 4.88 Å². The zero-order chi connectivity index (χ0) is 11.3. The summed E-state index contributed by atoms with van der Waals surface area (Å²) in [4.78, 5) is 13.0. The topological polar surface area (TPSA) is 52.3 Å². The van der Waals surface area contributed by atoms with E-state index in [-0.39, 0.29) is 16.9 Å². The number of rotatable bonds is 2. The van der Waals surface area contributed by atoms with Gasteiger partial charge >= 0.3 is 5.97 Å². The van der Waals surface area contributed by atoms with E-state index in [1.165, 1.54) is 18.4 Å². The summed E-state index contributed by atoms with van der Waals surface area (Å²) in [5, 5.41) is 0. The van der Waals surface area contributed by atoms with Crippen molar-refractivity contribution < 1.29 is 9.53 Å². The van der Waals surface area contributed by atoms with Crippen LogP contribution >= 0.6 is 11.3 Å². The Hall–Kier alpha value is -0.870. The van der Waals surface area contributed by atoms with Crippen LogP contribution in [0.25, 0.3) is 0 Å². The predicted molar refractivity (Wildman–Crippen MR) is 59.9 cm³/mol. The minimum Gasteiger partial charge on any atom is -0.465 e. The minimum atomic E-state index is -0.284. The molecular weight excluding hydrogens is 210 g/mol. The van der Waals surface area contributed by atoms with Crippen molar-refractivity contribution in [3.8, 4) is 0 Å². The number of methoxy groups -OCH3 is 1. The molecule has 2 rings (SSSR count). The van der Waals surface area contributed by atoms with E-state index in [2.05, 4.69) is 18.6 Å². The summed E-state index contributed by atoms with van der Waals surface area (Å²) in [6.45, 7) is 4.29. The molecule has 0 aromatic carbocycles. The fourth-order valence-corrected chi connectivity index (χ4v) is 3.07. The van der Waals surface area contributed by atoms with Crippen LogP contribution in [0.4, 0.5) is 0 Å². The van der Waals surface area contributed by atoms with Crippen LogP contribution in [0, 0.1) is 5.41 Å². The molecule has 1 fully saturated rings. The van der Waals surface area contributed by atoms with E-state index in [9.17, 15) is 4.79 Å². The molecule has 0 bridgehead atoms. The van der Waals surface area contributed by atoms with Crippen molar-refractivity contribution in [3.05, 3.63) is 21.9 Å². The quantitative estimate of drug-likeness (QED) is 0.784. The first-order valence-corrected chi connectivity index (χ1v) is 5.70. The zero-order valence-electron chi connectivity index (χ0n) is 9.16. The van der Waals surface area contributed by atoms with Crippen LogP contribution in [0.5, 0.6) is 0 Å². The van der Waals surface area contributed by atoms with Gasteiger partial charge in [0.1, 0.15) is 4.88 Å². The third-order valence-electron chi connectivity index (χ3n) is 3.24. The first-order valence-electron chi connectivity index (χ1n) is 4.88. The molecule has 1 heterocycles. The molecule has 1 atom stereocenters. The van der Waals surface area contributed by atoms with Crippen molar-refractivity contribution in [2.24, 2.45) is 11.1 Å². The maximum absolute atomic E-state index is 11.3. The van der Waals surface area contributed by atoms with Crippen LogP contribution < -0.4 is 5.73 Å². The van der Waals surface area contributed by atoms with E-state index in [0.717, 1.165) is 11.3 Å². The van der Waals surface area contributed by atoms with Gasteiger partial charge in [-0.25, -0.2) is 4.79 Å². The second-order valence-corrected chi connectivity index (χ2v) is 5.77. The minimum absolute atomic E-state index is 0.144. The van der Waals surface area contributed by atoms with Crippen LogP contribution in [0.15, 0.2) is 12.1 Å². The molecule has 0 spiro atoms. The molecule has 1 unspecified atom stereocenters. The van der Waals surface area contributed by atoms with Crippen molar-refractivity contribution >= 4 is 17.3 Å². The third-order valence-corrected chi connectivity index (χ3v) is 4.48. The molecule has 15 heavy (non-hydrogen) atoms. The summed E-state index contributed by atoms with van der Waals surface area (Å²) in [6.07, 6.45) is 0.973. The smallest absolute Gasteiger partial charge is 0.348 e. The standard InChI is InChI=1S/C11H15NO2S/c1-10(2)6-11(10,12)8-5-4-7(15-8)9(13)14-3/h4-5H,6,12H2,1-3H3. The molecule has 1 aromatic heterocycles. The molecule has 82 valence electrons. The molecule has 1 saturated carbocycles. The van der Waals surface area contributed by atoms with E-state index >= 15 is 0 Å². The lowest BCUT2D eigenvalue weighted by Gasteiger charge is -2.12. The zero-order valence-corrected chi connectivity index (χ0v) is 9.98. The highest BCUT2D eigenvalue weighted by Gasteiger charge is 2.60. The molecule has 1 aliphatic rings. The molecule has 1 aromatic rings. The van der Waals surface area contributed by atoms with Gasteiger partial charge in [0.15, 0.2) is 0 Å². The van der Waals surface area contributed by atoms with Crippen molar-refractivity contribution in [1.82, 2.24) is 0 Å². The highest BCUT2D eigenvalue weighted by molar-refractivity contribution is 7.14. The number of thiophene rings is 1. The summed E-state index contributed by atoms with van der Waals surface area (Å²) >= 11 is 1.44. The Labute approximate surface area is 93.2 Å². The monoisotopic (exact) mass is 225 g/mol. The van der Waals surface area contributed by atoms with E-state index in [4.69, 9.17) is 5.73 Å². The highest BCUT2D eigenvalue weighted by atomic mass is 32.1. The molecular formula is C11H15NO2S. The average Bonchev–Trinajstić information content (AvgIpc) is 2.57. The number of hydrogen-bond acceptors (Lipinski definition) is 4. The molecule has 2 N–H and O–H groups in total. The van der Waals surface area contributed by atoms with Gasteiger partial charge in [0.2, 0.25) is 0 Å². The predicted octanol–water partition coefficient (Wildman–Crippen LogP) is 2.12. The fraction of sp³-hybridized carbons (Fsp3) is 0.545. The second-order valence-electron chi connectivity index (χ2n) is 4.69. The van der Waals surface area contributed by atoms with Gasteiger partial charge in [-0.05, 0) is 24.0 Å². The van der Waals surface area contributed by atoms with Gasteiger partial charge < -0.3 is 10.5 Å². The normalized spacial score (nSPS) is 27.5. The molecule has 0 amide bonds. The summed E-state index contributed by atoms with van der Waals surface area (Å²) in [7, 11) is 1.39. The Kier molecular flexibility index (Phi) is 2.17. The Morgan fingerprint density at radius 2 is 2.13 bits per heavy atom. The maximum atomic E-state index is 11.3. The van der Waals surface area contributed by atoms with E-state index < -0.39 is 0 Å². The van der Waals surface area contributed by atoms with Crippen LogP contribution in [0.1, 0.15) is 34.8 Å². The van der Waals surface area contributed by atoms with Crippen LogP contribution in [0.2, 0.25) is 0 Å². The highest BCUT2D eigenvalue weighted by Crippen LogP contribution is 2.61. The van der Waals surface area contributed by atoms with E-state index in [1.54, 1.807) is 6.07 Å². The lowest BCUT2D eigenvalue weighted by Crippen LogP contribution is -2.24. The third kappa shape index (κ3) is 1.48. The van der Waals surface area contributed by atoms with Gasteiger partial charge in [0.25, 0.3) is 0 Å². The van der Waals surface area contributed by atoms with Crippen molar-refractivity contribution in [2.45, 2.75) is 25.8 Å². The van der Waals surface area contributed by atoms with Crippen molar-refractivity contribution in [3.63, 3.8) is 0 Å². The molecule has 0 saturated heterocycles. The SMILES string of the molecule is COC(=O)c1ccc(C2(N)CC2(C)C)s1. The van der Waals surface area contributed by atoms with Gasteiger partial charge in [-0.1, -0.05) is 13.8 Å². The number of ether oxygens (including phenoxy) is 1. The molecule has 4 heteroatoms. The van der Waals surface area contributed by atoms with Gasteiger partial charge in [-0.15, -0.1) is 11.3 Å². The Morgan fingerprint density at radius 3 is 2.60 bits per heavy atom. The lowest BCUT2D eigenvalue weighted by molar-refractivity contribution is 0.0606. The van der Waals surface area contributed by atoms with Gasteiger partial charge in [-0.2, -0.15) is 0 Å². The summed E-state index contributed by atoms with van der Waals surface area (Å²) < 4.78 is 4.67. The number of nitrogens with two attached hydrogens (primary N) is 1. The number of carbonyl (C=O) groups is 1. The second kappa shape index (κ2) is 3.06. The lowest BCUT2D eigenvalue weighted by atomic mass is 10.0. The van der Waals surface area contributed by atoms with Crippen LogP contribution in [-0.4, -0.2) is 13.1 Å². The summed E-state index contributed by atoms with van der Waals surface area (Å²) in [5.74, 6) is -0.284. The molecule has 1 aliphatic carbocycles. The molecule has 3 nitrogen and oxygen atoms in total.